The summed E-state index contributed by atoms with van der Waals surface area (Å²) in [6, 6.07) is 0.0370. The first-order chi connectivity index (χ1) is 7.85. The Bertz CT molecular complexity index is 276. The lowest BCUT2D eigenvalue weighted by atomic mass is 9.82. The molecule has 110 valence electrons. The van der Waals surface area contributed by atoms with Crippen molar-refractivity contribution in [3.63, 3.8) is 0 Å². The fraction of sp³-hybridized carbons (Fsp3) is 1.00. The summed E-state index contributed by atoms with van der Waals surface area (Å²) in [7, 11) is -1.10. The lowest BCUT2D eigenvalue weighted by Gasteiger charge is -2.35. The maximum atomic E-state index is 12.2. The van der Waals surface area contributed by atoms with E-state index in [1.165, 1.54) is 0 Å². The SMILES string of the molecule is CC(C)[C@@H](O)C[C@@H](NS(=O)C(C)(C)C)C(C)(C)C. The number of nitrogens with one attached hydrogen (secondary N) is 1. The molecule has 0 aliphatic rings. The van der Waals surface area contributed by atoms with Gasteiger partial charge in [-0.15, -0.1) is 0 Å². The van der Waals surface area contributed by atoms with Crippen LogP contribution in [-0.4, -0.2) is 26.2 Å². The van der Waals surface area contributed by atoms with Crippen LogP contribution in [0.1, 0.15) is 61.8 Å². The number of hydrogen-bond donors (Lipinski definition) is 2. The molecule has 0 bridgehead atoms. The topological polar surface area (TPSA) is 49.3 Å². The smallest absolute Gasteiger partial charge is 0.0972 e. The second-order valence-electron chi connectivity index (χ2n) is 7.46. The van der Waals surface area contributed by atoms with Crippen LogP contribution in [0.3, 0.4) is 0 Å². The molecule has 0 aromatic rings. The highest BCUT2D eigenvalue weighted by Crippen LogP contribution is 2.26. The molecule has 0 aliphatic heterocycles. The first-order valence-corrected chi connectivity index (χ1v) is 7.86. The Hall–Kier alpha value is 0.0700. The van der Waals surface area contributed by atoms with Crippen molar-refractivity contribution in [2.45, 2.75) is 78.7 Å². The van der Waals surface area contributed by atoms with Gasteiger partial charge in [0, 0.05) is 6.04 Å². The predicted molar refractivity (Wildman–Crippen MR) is 79.7 cm³/mol. The minimum Gasteiger partial charge on any atom is -0.393 e. The van der Waals surface area contributed by atoms with Crippen LogP contribution in [0.15, 0.2) is 0 Å². The largest absolute Gasteiger partial charge is 0.393 e. The van der Waals surface area contributed by atoms with Crippen molar-refractivity contribution in [1.82, 2.24) is 4.72 Å². The molecule has 2 N–H and O–H groups in total. The second kappa shape index (κ2) is 6.49. The summed E-state index contributed by atoms with van der Waals surface area (Å²) in [5.74, 6) is 0.222. The zero-order valence-corrected chi connectivity index (χ0v) is 14.0. The Labute approximate surface area is 115 Å². The summed E-state index contributed by atoms with van der Waals surface area (Å²) < 4.78 is 15.1. The van der Waals surface area contributed by atoms with Crippen molar-refractivity contribution in [1.29, 1.82) is 0 Å². The third kappa shape index (κ3) is 6.30. The third-order valence-electron chi connectivity index (χ3n) is 3.10. The molecule has 0 spiro atoms. The molecule has 0 radical (unpaired) electrons. The monoisotopic (exact) mass is 277 g/mol. The molecule has 1 unspecified atom stereocenters. The minimum atomic E-state index is -1.10. The molecule has 0 amide bonds. The Kier molecular flexibility index (Phi) is 6.51. The Morgan fingerprint density at radius 2 is 1.56 bits per heavy atom. The molecule has 4 heteroatoms. The second-order valence-corrected chi connectivity index (χ2v) is 9.46. The van der Waals surface area contributed by atoms with Gasteiger partial charge in [-0.05, 0) is 38.5 Å². The van der Waals surface area contributed by atoms with Crippen LogP contribution in [0.2, 0.25) is 0 Å². The van der Waals surface area contributed by atoms with E-state index in [0.29, 0.717) is 6.42 Å². The summed E-state index contributed by atoms with van der Waals surface area (Å²) in [5.41, 5.74) is -0.0310. The van der Waals surface area contributed by atoms with E-state index in [1.807, 2.05) is 34.6 Å². The molecule has 0 saturated heterocycles. The van der Waals surface area contributed by atoms with E-state index in [2.05, 4.69) is 25.5 Å². The Balaban J connectivity index is 4.78. The van der Waals surface area contributed by atoms with Crippen LogP contribution in [-0.2, 0) is 11.0 Å². The van der Waals surface area contributed by atoms with E-state index in [-0.39, 0.29) is 28.2 Å². The van der Waals surface area contributed by atoms with E-state index in [0.717, 1.165) is 0 Å². The normalized spacial score (nSPS) is 18.8. The average molecular weight is 277 g/mol. The van der Waals surface area contributed by atoms with E-state index in [9.17, 15) is 9.32 Å². The van der Waals surface area contributed by atoms with Gasteiger partial charge in [0.05, 0.1) is 21.8 Å². The molecule has 0 aromatic carbocycles. The third-order valence-corrected chi connectivity index (χ3v) is 4.71. The number of aliphatic hydroxyl groups is 1. The first kappa shape index (κ1) is 18.1. The summed E-state index contributed by atoms with van der Waals surface area (Å²) in [4.78, 5) is 0. The highest BCUT2D eigenvalue weighted by molar-refractivity contribution is 7.84. The van der Waals surface area contributed by atoms with Gasteiger partial charge in [-0.3, -0.25) is 0 Å². The number of aliphatic hydroxyl groups excluding tert-OH is 1. The minimum absolute atomic E-state index is 0.0310. The van der Waals surface area contributed by atoms with Gasteiger partial charge in [0.25, 0.3) is 0 Å². The van der Waals surface area contributed by atoms with E-state index >= 15 is 0 Å². The van der Waals surface area contributed by atoms with Gasteiger partial charge in [0.1, 0.15) is 0 Å². The van der Waals surface area contributed by atoms with Crippen LogP contribution in [0.5, 0.6) is 0 Å². The van der Waals surface area contributed by atoms with Crippen molar-refractivity contribution in [2.75, 3.05) is 0 Å². The maximum absolute atomic E-state index is 12.2. The Morgan fingerprint density at radius 3 is 1.83 bits per heavy atom. The number of rotatable bonds is 5. The lowest BCUT2D eigenvalue weighted by Crippen LogP contribution is -2.48. The van der Waals surface area contributed by atoms with Gasteiger partial charge in [-0.25, -0.2) is 8.93 Å². The highest BCUT2D eigenvalue weighted by atomic mass is 32.2. The van der Waals surface area contributed by atoms with Gasteiger partial charge in [-0.2, -0.15) is 0 Å². The summed E-state index contributed by atoms with van der Waals surface area (Å²) in [5, 5.41) is 10.0. The molecule has 3 atom stereocenters. The molecule has 0 aromatic heterocycles. The highest BCUT2D eigenvalue weighted by Gasteiger charge is 2.31. The van der Waals surface area contributed by atoms with Gasteiger partial charge < -0.3 is 5.11 Å². The van der Waals surface area contributed by atoms with Crippen LogP contribution < -0.4 is 4.72 Å². The van der Waals surface area contributed by atoms with Gasteiger partial charge >= 0.3 is 0 Å². The van der Waals surface area contributed by atoms with E-state index in [1.54, 1.807) is 0 Å². The molecule has 0 saturated carbocycles. The molecule has 18 heavy (non-hydrogen) atoms. The van der Waals surface area contributed by atoms with Crippen LogP contribution in [0.4, 0.5) is 0 Å². The van der Waals surface area contributed by atoms with Gasteiger partial charge in [-0.1, -0.05) is 34.6 Å². The van der Waals surface area contributed by atoms with Crippen LogP contribution >= 0.6 is 0 Å². The summed E-state index contributed by atoms with van der Waals surface area (Å²) in [6.45, 7) is 16.2. The van der Waals surface area contributed by atoms with Crippen molar-refractivity contribution in [3.05, 3.63) is 0 Å². The zero-order valence-electron chi connectivity index (χ0n) is 13.2. The standard InChI is InChI=1S/C14H31NO2S/c1-10(2)11(16)9-12(13(3,4)5)15-18(17)14(6,7)8/h10-12,15-16H,9H2,1-8H3/t11-,12+,18?/m0/s1. The fourth-order valence-corrected chi connectivity index (χ4v) is 2.46. The molecular formula is C14H31NO2S. The van der Waals surface area contributed by atoms with Crippen molar-refractivity contribution >= 4 is 11.0 Å². The number of hydrogen-bond acceptors (Lipinski definition) is 2. The van der Waals surface area contributed by atoms with Crippen molar-refractivity contribution < 1.29 is 9.32 Å². The molecule has 0 rings (SSSR count). The molecule has 0 aliphatic carbocycles. The van der Waals surface area contributed by atoms with Crippen molar-refractivity contribution in [2.24, 2.45) is 11.3 Å². The Morgan fingerprint density at radius 1 is 1.11 bits per heavy atom. The van der Waals surface area contributed by atoms with E-state index < -0.39 is 11.0 Å². The van der Waals surface area contributed by atoms with Gasteiger partial charge in [0.15, 0.2) is 0 Å². The quantitative estimate of drug-likeness (QED) is 0.812. The fourth-order valence-electron chi connectivity index (χ4n) is 1.40. The maximum Gasteiger partial charge on any atom is 0.0972 e. The zero-order chi connectivity index (χ0) is 14.7. The molecule has 0 fully saturated rings. The van der Waals surface area contributed by atoms with Gasteiger partial charge in [0.2, 0.25) is 0 Å². The predicted octanol–water partition coefficient (Wildman–Crippen LogP) is 2.86. The van der Waals surface area contributed by atoms with E-state index in [4.69, 9.17) is 0 Å². The van der Waals surface area contributed by atoms with Crippen LogP contribution in [0.25, 0.3) is 0 Å². The van der Waals surface area contributed by atoms with Crippen LogP contribution in [0, 0.1) is 11.3 Å². The summed E-state index contributed by atoms with van der Waals surface area (Å²) in [6.07, 6.45) is 0.266. The lowest BCUT2D eigenvalue weighted by molar-refractivity contribution is 0.0880. The summed E-state index contributed by atoms with van der Waals surface area (Å²) >= 11 is 0. The molecule has 0 heterocycles. The first-order valence-electron chi connectivity index (χ1n) is 6.71. The molecule has 3 nitrogen and oxygen atoms in total. The average Bonchev–Trinajstić information content (AvgIpc) is 2.12. The van der Waals surface area contributed by atoms with Crippen molar-refractivity contribution in [3.8, 4) is 0 Å². The molecular weight excluding hydrogens is 246 g/mol.